The van der Waals surface area contributed by atoms with Gasteiger partial charge in [0, 0.05) is 0 Å². The number of carbonyl (C=O) groups excluding carboxylic acids is 2. The molecule has 1 unspecified atom stereocenters. The van der Waals surface area contributed by atoms with Crippen LogP contribution in [-0.2, 0) is 15.9 Å². The van der Waals surface area contributed by atoms with Crippen molar-refractivity contribution in [2.24, 2.45) is 0 Å². The van der Waals surface area contributed by atoms with Gasteiger partial charge in [0.1, 0.15) is 5.60 Å². The highest BCUT2D eigenvalue weighted by Crippen LogP contribution is 2.32. The first-order chi connectivity index (χ1) is 10.3. The van der Waals surface area contributed by atoms with E-state index in [4.69, 9.17) is 9.47 Å². The van der Waals surface area contributed by atoms with Crippen molar-refractivity contribution < 1.29 is 19.1 Å². The van der Waals surface area contributed by atoms with E-state index < -0.39 is 11.7 Å². The molecule has 1 amide bonds. The lowest BCUT2D eigenvalue weighted by Crippen LogP contribution is -2.34. The van der Waals surface area contributed by atoms with Gasteiger partial charge in [0.15, 0.2) is 0 Å². The minimum absolute atomic E-state index is 0.126. The summed E-state index contributed by atoms with van der Waals surface area (Å²) in [6.45, 7) is 7.60. The quantitative estimate of drug-likeness (QED) is 0.870. The number of ether oxygens (including phenoxy) is 2. The van der Waals surface area contributed by atoms with Crippen molar-refractivity contribution >= 4 is 12.1 Å². The Kier molecular flexibility index (Phi) is 4.74. The van der Waals surface area contributed by atoms with Crippen LogP contribution in [0.5, 0.6) is 0 Å². The Hall–Kier alpha value is -2.04. The summed E-state index contributed by atoms with van der Waals surface area (Å²) in [5, 5.41) is 2.88. The molecular weight excluding hydrogens is 282 g/mol. The highest BCUT2D eigenvalue weighted by atomic mass is 16.6. The van der Waals surface area contributed by atoms with Gasteiger partial charge in [0.05, 0.1) is 18.2 Å². The van der Waals surface area contributed by atoms with Crippen molar-refractivity contribution in [1.29, 1.82) is 0 Å². The van der Waals surface area contributed by atoms with E-state index in [1.165, 1.54) is 0 Å². The van der Waals surface area contributed by atoms with Crippen molar-refractivity contribution in [1.82, 2.24) is 5.32 Å². The van der Waals surface area contributed by atoms with Crippen LogP contribution >= 0.6 is 0 Å². The number of alkyl carbamates (subject to hydrolysis) is 1. The Morgan fingerprint density at radius 2 is 2.05 bits per heavy atom. The van der Waals surface area contributed by atoms with E-state index in [0.717, 1.165) is 24.0 Å². The van der Waals surface area contributed by atoms with E-state index in [2.05, 4.69) is 5.32 Å². The van der Waals surface area contributed by atoms with Gasteiger partial charge in [-0.3, -0.25) is 0 Å². The number of hydrogen-bond acceptors (Lipinski definition) is 4. The van der Waals surface area contributed by atoms with Crippen molar-refractivity contribution in [3.8, 4) is 0 Å². The molecule has 1 aliphatic carbocycles. The number of amides is 1. The second kappa shape index (κ2) is 6.38. The van der Waals surface area contributed by atoms with Crippen LogP contribution in [0, 0.1) is 0 Å². The number of nitrogens with one attached hydrogen (secondary N) is 1. The van der Waals surface area contributed by atoms with Crippen molar-refractivity contribution in [3.05, 3.63) is 34.9 Å². The maximum atomic E-state index is 11.9. The van der Waals surface area contributed by atoms with Crippen LogP contribution in [0.2, 0.25) is 0 Å². The lowest BCUT2D eigenvalue weighted by atomic mass is 10.0. The fourth-order valence-corrected chi connectivity index (χ4v) is 2.54. The molecule has 1 aromatic carbocycles. The third kappa shape index (κ3) is 4.00. The standard InChI is InChI=1S/C17H23NO4/c1-5-21-15(19)12-7-6-11-8-9-14(13(11)10-12)18-16(20)22-17(2,3)4/h6-7,10,14H,5,8-9H2,1-4H3,(H,18,20). The van der Waals surface area contributed by atoms with Crippen molar-refractivity contribution in [2.75, 3.05) is 6.61 Å². The van der Waals surface area contributed by atoms with Crippen LogP contribution in [0.15, 0.2) is 18.2 Å². The molecular formula is C17H23NO4. The van der Waals surface area contributed by atoms with E-state index in [-0.39, 0.29) is 12.0 Å². The third-order valence-corrected chi connectivity index (χ3v) is 3.43. The smallest absolute Gasteiger partial charge is 0.408 e. The van der Waals surface area contributed by atoms with Crippen LogP contribution < -0.4 is 5.32 Å². The zero-order valence-electron chi connectivity index (χ0n) is 13.6. The van der Waals surface area contributed by atoms with Gasteiger partial charge >= 0.3 is 12.1 Å². The molecule has 0 aliphatic heterocycles. The Balaban J connectivity index is 2.12. The molecule has 0 fully saturated rings. The van der Waals surface area contributed by atoms with Crippen LogP contribution in [0.25, 0.3) is 0 Å². The van der Waals surface area contributed by atoms with Gasteiger partial charge < -0.3 is 14.8 Å². The molecule has 5 nitrogen and oxygen atoms in total. The molecule has 0 bridgehead atoms. The normalized spacial score (nSPS) is 16.8. The summed E-state index contributed by atoms with van der Waals surface area (Å²) in [4.78, 5) is 23.7. The first-order valence-corrected chi connectivity index (χ1v) is 7.59. The number of fused-ring (bicyclic) bond motifs is 1. The van der Waals surface area contributed by atoms with Gasteiger partial charge in [-0.05, 0) is 63.8 Å². The fourth-order valence-electron chi connectivity index (χ4n) is 2.54. The maximum absolute atomic E-state index is 11.9. The SMILES string of the molecule is CCOC(=O)c1ccc2c(c1)C(NC(=O)OC(C)(C)C)CC2. The first kappa shape index (κ1) is 16.3. The fraction of sp³-hybridized carbons (Fsp3) is 0.529. The van der Waals surface area contributed by atoms with Gasteiger partial charge in [0.25, 0.3) is 0 Å². The van der Waals surface area contributed by atoms with Crippen LogP contribution in [-0.4, -0.2) is 24.3 Å². The van der Waals surface area contributed by atoms with Crippen LogP contribution in [0.4, 0.5) is 4.79 Å². The second-order valence-corrected chi connectivity index (χ2v) is 6.37. The molecule has 1 aliphatic rings. The number of aryl methyl sites for hydroxylation is 1. The molecule has 0 spiro atoms. The van der Waals surface area contributed by atoms with Gasteiger partial charge in [-0.1, -0.05) is 6.07 Å². The van der Waals surface area contributed by atoms with E-state index in [1.807, 2.05) is 32.9 Å². The number of carbonyl (C=O) groups is 2. The molecule has 5 heteroatoms. The van der Waals surface area contributed by atoms with E-state index in [9.17, 15) is 9.59 Å². The van der Waals surface area contributed by atoms with E-state index >= 15 is 0 Å². The number of esters is 1. The summed E-state index contributed by atoms with van der Waals surface area (Å²) in [5.74, 6) is -0.340. The minimum atomic E-state index is -0.529. The monoisotopic (exact) mass is 305 g/mol. The van der Waals surface area contributed by atoms with Gasteiger partial charge in [-0.15, -0.1) is 0 Å². The molecule has 0 saturated carbocycles. The topological polar surface area (TPSA) is 64.6 Å². The van der Waals surface area contributed by atoms with Crippen LogP contribution in [0.3, 0.4) is 0 Å². The van der Waals surface area contributed by atoms with E-state index in [1.54, 1.807) is 13.0 Å². The van der Waals surface area contributed by atoms with Gasteiger partial charge in [-0.2, -0.15) is 0 Å². The Morgan fingerprint density at radius 3 is 2.68 bits per heavy atom. The lowest BCUT2D eigenvalue weighted by Gasteiger charge is -2.22. The Labute approximate surface area is 131 Å². The number of hydrogen-bond donors (Lipinski definition) is 1. The highest BCUT2D eigenvalue weighted by molar-refractivity contribution is 5.89. The predicted molar refractivity (Wildman–Crippen MR) is 82.8 cm³/mol. The average Bonchev–Trinajstić information content (AvgIpc) is 2.79. The molecule has 2 rings (SSSR count). The molecule has 1 atom stereocenters. The summed E-state index contributed by atoms with van der Waals surface area (Å²) in [5.41, 5.74) is 2.10. The summed E-state index contributed by atoms with van der Waals surface area (Å²) < 4.78 is 10.3. The lowest BCUT2D eigenvalue weighted by molar-refractivity contribution is 0.0502. The molecule has 0 heterocycles. The molecule has 0 radical (unpaired) electrons. The Morgan fingerprint density at radius 1 is 1.32 bits per heavy atom. The number of benzene rings is 1. The second-order valence-electron chi connectivity index (χ2n) is 6.37. The largest absolute Gasteiger partial charge is 0.462 e. The third-order valence-electron chi connectivity index (χ3n) is 3.43. The highest BCUT2D eigenvalue weighted by Gasteiger charge is 2.27. The van der Waals surface area contributed by atoms with Gasteiger partial charge in [-0.25, -0.2) is 9.59 Å². The zero-order chi connectivity index (χ0) is 16.3. The van der Waals surface area contributed by atoms with Crippen molar-refractivity contribution in [3.63, 3.8) is 0 Å². The van der Waals surface area contributed by atoms with E-state index in [0.29, 0.717) is 12.2 Å². The number of rotatable bonds is 3. The minimum Gasteiger partial charge on any atom is -0.462 e. The van der Waals surface area contributed by atoms with Crippen molar-refractivity contribution in [2.45, 2.75) is 52.2 Å². The van der Waals surface area contributed by atoms with Gasteiger partial charge in [0.2, 0.25) is 0 Å². The Bertz CT molecular complexity index is 575. The summed E-state index contributed by atoms with van der Waals surface area (Å²) in [6, 6.07) is 5.38. The first-order valence-electron chi connectivity index (χ1n) is 7.59. The molecule has 1 N–H and O–H groups in total. The predicted octanol–water partition coefficient (Wildman–Crippen LogP) is 3.38. The summed E-state index contributed by atoms with van der Waals surface area (Å²) in [6.07, 6.45) is 1.24. The molecule has 22 heavy (non-hydrogen) atoms. The molecule has 0 aromatic heterocycles. The summed E-state index contributed by atoms with van der Waals surface area (Å²) in [7, 11) is 0. The zero-order valence-corrected chi connectivity index (χ0v) is 13.6. The molecule has 120 valence electrons. The molecule has 1 aromatic rings. The maximum Gasteiger partial charge on any atom is 0.408 e. The van der Waals surface area contributed by atoms with Crippen LogP contribution in [0.1, 0.15) is 61.6 Å². The average molecular weight is 305 g/mol. The molecule has 0 saturated heterocycles. The summed E-state index contributed by atoms with van der Waals surface area (Å²) >= 11 is 0.